The highest BCUT2D eigenvalue weighted by atomic mass is 15.3. The Morgan fingerprint density at radius 2 is 1.88 bits per heavy atom. The fraction of sp³-hybridized carbons (Fsp3) is 0.583. The molecule has 0 aromatic carbocycles. The van der Waals surface area contributed by atoms with Gasteiger partial charge < -0.3 is 4.90 Å². The van der Waals surface area contributed by atoms with Crippen LogP contribution < -0.4 is 10.4 Å². The van der Waals surface area contributed by atoms with E-state index in [4.69, 9.17) is 0 Å². The minimum absolute atomic E-state index is 0.665. The molecule has 1 aliphatic heterocycles. The Labute approximate surface area is 98.9 Å². The van der Waals surface area contributed by atoms with Crippen LogP contribution in [0.2, 0.25) is 0 Å². The molecule has 0 bridgehead atoms. The Hall–Kier alpha value is -1.03. The van der Waals surface area contributed by atoms with Gasteiger partial charge in [0.2, 0.25) is 0 Å². The molecule has 2 rings (SSSR count). The van der Waals surface area contributed by atoms with Crippen LogP contribution in [0.5, 0.6) is 0 Å². The van der Waals surface area contributed by atoms with Crippen molar-refractivity contribution in [1.29, 1.82) is 0 Å². The van der Waals surface area contributed by atoms with Gasteiger partial charge in [0.1, 0.15) is 7.85 Å². The Morgan fingerprint density at radius 1 is 1.19 bits per heavy atom. The van der Waals surface area contributed by atoms with Gasteiger partial charge in [0.25, 0.3) is 0 Å². The molecule has 2 heterocycles. The average Bonchev–Trinajstić information content (AvgIpc) is 2.29. The van der Waals surface area contributed by atoms with Crippen LogP contribution in [0, 0.1) is 0 Å². The van der Waals surface area contributed by atoms with Crippen molar-refractivity contribution >= 4 is 19.0 Å². The van der Waals surface area contributed by atoms with Crippen LogP contribution in [0.25, 0.3) is 0 Å². The summed E-state index contributed by atoms with van der Waals surface area (Å²) in [5.74, 6) is 0. The summed E-state index contributed by atoms with van der Waals surface area (Å²) in [6.45, 7) is 9.08. The van der Waals surface area contributed by atoms with Crippen molar-refractivity contribution in [2.45, 2.75) is 19.9 Å². The van der Waals surface area contributed by atoms with Gasteiger partial charge in [-0.1, -0.05) is 5.46 Å². The van der Waals surface area contributed by atoms with E-state index in [9.17, 15) is 0 Å². The topological polar surface area (TPSA) is 19.4 Å². The fourth-order valence-electron chi connectivity index (χ4n) is 2.21. The molecule has 0 amide bonds. The zero-order valence-corrected chi connectivity index (χ0v) is 10.5. The molecule has 4 heteroatoms. The zero-order chi connectivity index (χ0) is 11.5. The van der Waals surface area contributed by atoms with Gasteiger partial charge in [-0.05, 0) is 19.9 Å². The third-order valence-corrected chi connectivity index (χ3v) is 3.27. The molecule has 1 aromatic rings. The Bertz CT molecular complexity index is 346. The lowest BCUT2D eigenvalue weighted by Gasteiger charge is -2.38. The van der Waals surface area contributed by atoms with Crippen LogP contribution in [0.4, 0.5) is 5.69 Å². The molecule has 0 aliphatic carbocycles. The van der Waals surface area contributed by atoms with Gasteiger partial charge in [-0.3, -0.25) is 9.88 Å². The van der Waals surface area contributed by atoms with Crippen LogP contribution in [0.3, 0.4) is 0 Å². The lowest BCUT2D eigenvalue weighted by molar-refractivity contribution is 0.209. The van der Waals surface area contributed by atoms with Gasteiger partial charge in [0, 0.05) is 38.4 Å². The molecular formula is C12H20BN3. The van der Waals surface area contributed by atoms with Crippen molar-refractivity contribution in [3.8, 4) is 0 Å². The molecule has 0 saturated carbocycles. The highest BCUT2D eigenvalue weighted by Gasteiger charge is 2.18. The third kappa shape index (κ3) is 2.56. The molecule has 86 valence electrons. The largest absolute Gasteiger partial charge is 0.368 e. The van der Waals surface area contributed by atoms with Crippen molar-refractivity contribution in [2.75, 3.05) is 31.1 Å². The van der Waals surface area contributed by atoms with E-state index in [1.165, 1.54) is 11.2 Å². The summed E-state index contributed by atoms with van der Waals surface area (Å²) in [4.78, 5) is 9.22. The normalized spacial score (nSPS) is 18.1. The number of rotatable bonds is 2. The number of aromatic nitrogens is 1. The molecule has 1 aliphatic rings. The van der Waals surface area contributed by atoms with E-state index in [1.807, 2.05) is 12.4 Å². The summed E-state index contributed by atoms with van der Waals surface area (Å²) < 4.78 is 0. The summed E-state index contributed by atoms with van der Waals surface area (Å²) in [6.07, 6.45) is 3.88. The monoisotopic (exact) mass is 217 g/mol. The van der Waals surface area contributed by atoms with E-state index in [0.29, 0.717) is 6.04 Å². The Morgan fingerprint density at radius 3 is 2.44 bits per heavy atom. The molecule has 1 fully saturated rings. The summed E-state index contributed by atoms with van der Waals surface area (Å²) >= 11 is 0. The molecular weight excluding hydrogens is 197 g/mol. The van der Waals surface area contributed by atoms with Crippen LogP contribution >= 0.6 is 0 Å². The predicted octanol–water partition coefficient (Wildman–Crippen LogP) is -0.130. The maximum absolute atomic E-state index is 4.26. The van der Waals surface area contributed by atoms with E-state index in [0.717, 1.165) is 26.2 Å². The van der Waals surface area contributed by atoms with E-state index >= 15 is 0 Å². The number of nitrogens with zero attached hydrogens (tertiary/aromatic N) is 3. The molecule has 0 unspecified atom stereocenters. The number of pyridine rings is 1. The van der Waals surface area contributed by atoms with Crippen molar-refractivity contribution < 1.29 is 0 Å². The molecule has 0 spiro atoms. The highest BCUT2D eigenvalue weighted by Crippen LogP contribution is 2.14. The second-order valence-corrected chi connectivity index (χ2v) is 4.84. The first-order valence-electron chi connectivity index (χ1n) is 6.07. The molecule has 3 nitrogen and oxygen atoms in total. The molecule has 0 atom stereocenters. The fourth-order valence-corrected chi connectivity index (χ4v) is 2.21. The zero-order valence-electron chi connectivity index (χ0n) is 10.5. The number of hydrogen-bond donors (Lipinski definition) is 0. The maximum atomic E-state index is 4.26. The van der Waals surface area contributed by atoms with E-state index in [-0.39, 0.29) is 0 Å². The molecule has 0 N–H and O–H groups in total. The number of hydrogen-bond acceptors (Lipinski definition) is 3. The highest BCUT2D eigenvalue weighted by molar-refractivity contribution is 6.32. The minimum atomic E-state index is 0.665. The minimum Gasteiger partial charge on any atom is -0.368 e. The van der Waals surface area contributed by atoms with Gasteiger partial charge in [-0.15, -0.1) is 0 Å². The van der Waals surface area contributed by atoms with Gasteiger partial charge in [-0.25, -0.2) is 0 Å². The number of anilines is 1. The van der Waals surface area contributed by atoms with Gasteiger partial charge in [-0.2, -0.15) is 0 Å². The standard InChI is InChI=1S/C12H20BN3/c1-10(2)15-3-5-16(6-4-15)12-7-11(13)8-14-9-12/h7-10H,3-6,13H2,1-2H3. The second-order valence-electron chi connectivity index (χ2n) is 4.84. The molecule has 0 radical (unpaired) electrons. The third-order valence-electron chi connectivity index (χ3n) is 3.27. The van der Waals surface area contributed by atoms with Gasteiger partial charge in [0.05, 0.1) is 11.9 Å². The first-order chi connectivity index (χ1) is 7.66. The summed E-state index contributed by atoms with van der Waals surface area (Å²) in [5, 5.41) is 0. The smallest absolute Gasteiger partial charge is 0.141 e. The van der Waals surface area contributed by atoms with E-state index in [1.54, 1.807) is 0 Å². The quantitative estimate of drug-likeness (QED) is 0.643. The van der Waals surface area contributed by atoms with Crippen molar-refractivity contribution in [1.82, 2.24) is 9.88 Å². The summed E-state index contributed by atoms with van der Waals surface area (Å²) in [5.41, 5.74) is 2.51. The van der Waals surface area contributed by atoms with E-state index in [2.05, 4.69) is 42.5 Å². The lowest BCUT2D eigenvalue weighted by Crippen LogP contribution is -2.49. The van der Waals surface area contributed by atoms with Crippen LogP contribution in [-0.2, 0) is 0 Å². The lowest BCUT2D eigenvalue weighted by atomic mass is 9.98. The van der Waals surface area contributed by atoms with Crippen LogP contribution in [-0.4, -0.2) is 50.0 Å². The first kappa shape index (κ1) is 11.5. The summed E-state index contributed by atoms with van der Waals surface area (Å²) in [6, 6.07) is 2.88. The first-order valence-corrected chi connectivity index (χ1v) is 6.07. The average molecular weight is 217 g/mol. The second kappa shape index (κ2) is 4.87. The number of piperazine rings is 1. The van der Waals surface area contributed by atoms with E-state index < -0.39 is 0 Å². The van der Waals surface area contributed by atoms with Crippen molar-refractivity contribution in [3.05, 3.63) is 18.5 Å². The Balaban J connectivity index is 1.99. The SMILES string of the molecule is Bc1cncc(N2CCN(C(C)C)CC2)c1. The maximum Gasteiger partial charge on any atom is 0.141 e. The van der Waals surface area contributed by atoms with Crippen LogP contribution in [0.1, 0.15) is 13.8 Å². The van der Waals surface area contributed by atoms with Gasteiger partial charge >= 0.3 is 0 Å². The predicted molar refractivity (Wildman–Crippen MR) is 71.3 cm³/mol. The molecule has 1 aromatic heterocycles. The van der Waals surface area contributed by atoms with Crippen molar-refractivity contribution in [2.24, 2.45) is 0 Å². The van der Waals surface area contributed by atoms with Crippen molar-refractivity contribution in [3.63, 3.8) is 0 Å². The summed E-state index contributed by atoms with van der Waals surface area (Å²) in [7, 11) is 2.10. The molecule has 16 heavy (non-hydrogen) atoms. The molecule has 1 saturated heterocycles. The van der Waals surface area contributed by atoms with Gasteiger partial charge in [0.15, 0.2) is 0 Å². The Kier molecular flexibility index (Phi) is 3.49. The van der Waals surface area contributed by atoms with Crippen LogP contribution in [0.15, 0.2) is 18.5 Å².